The van der Waals surface area contributed by atoms with Gasteiger partial charge >= 0.3 is 22.8 Å². The van der Waals surface area contributed by atoms with Crippen molar-refractivity contribution in [3.8, 4) is 0 Å². The van der Waals surface area contributed by atoms with E-state index in [4.69, 9.17) is 13.0 Å². The zero-order chi connectivity index (χ0) is 29.7. The Hall–Kier alpha value is -1.81. The zero-order valence-electron chi connectivity index (χ0n) is 24.9. The summed E-state index contributed by atoms with van der Waals surface area (Å²) in [6.07, 6.45) is 1.56. The molecule has 222 valence electrons. The first kappa shape index (κ1) is 32.7. The van der Waals surface area contributed by atoms with Gasteiger partial charge in [-0.2, -0.15) is 4.98 Å². The average molecular weight is 608 g/mol. The van der Waals surface area contributed by atoms with Gasteiger partial charge in [-0.3, -0.25) is 9.36 Å². The molecule has 0 bridgehead atoms. The molecule has 12 heteroatoms. The lowest BCUT2D eigenvalue weighted by Gasteiger charge is -2.50. The number of anilines is 1. The number of thioether (sulfide) groups is 1. The number of aliphatic hydroxyl groups excluding tert-OH is 1. The number of nitrogens with zero attached hydrogens (tertiary/aromatic N) is 2. The number of rotatable bonds is 10. The van der Waals surface area contributed by atoms with Crippen molar-refractivity contribution < 1.29 is 22.9 Å². The van der Waals surface area contributed by atoms with Crippen molar-refractivity contribution in [1.82, 2.24) is 9.55 Å². The average Bonchev–Trinajstić information content (AvgIpc) is 2.89. The van der Waals surface area contributed by atoms with Gasteiger partial charge in [0.15, 0.2) is 0 Å². The van der Waals surface area contributed by atoms with E-state index in [1.807, 2.05) is 6.07 Å². The molecule has 1 atom stereocenters. The molecular weight excluding hydrogens is 563 g/mol. The summed E-state index contributed by atoms with van der Waals surface area (Å²) in [7, 11) is -5.37. The maximum absolute atomic E-state index is 13.0. The second kappa shape index (κ2) is 13.9. The number of benzene rings is 1. The van der Waals surface area contributed by atoms with Crippen LogP contribution in [0.15, 0.2) is 47.4 Å². The van der Waals surface area contributed by atoms with Crippen molar-refractivity contribution in [1.29, 1.82) is 0 Å². The third kappa shape index (κ3) is 7.15. The second-order valence-electron chi connectivity index (χ2n) is 11.5. The molecule has 1 aliphatic rings. The minimum atomic E-state index is -2.69. The monoisotopic (exact) mass is 607 g/mol. The number of aliphatic hydroxyl groups is 1. The first-order valence-corrected chi connectivity index (χ1v) is 18.9. The smallest absolute Gasteiger partial charge is 0.350 e. The van der Waals surface area contributed by atoms with Gasteiger partial charge in [0.05, 0.1) is 25.1 Å². The maximum Gasteiger partial charge on any atom is 0.350 e. The summed E-state index contributed by atoms with van der Waals surface area (Å²) < 4.78 is 22.1. The minimum Gasteiger partial charge on any atom is -0.414 e. The van der Waals surface area contributed by atoms with Crippen LogP contribution in [0, 0.1) is 0 Å². The van der Waals surface area contributed by atoms with Crippen molar-refractivity contribution >= 4 is 40.6 Å². The van der Waals surface area contributed by atoms with Gasteiger partial charge in [-0.25, -0.2) is 4.79 Å². The van der Waals surface area contributed by atoms with Crippen molar-refractivity contribution in [2.24, 2.45) is 0 Å². The Labute approximate surface area is 244 Å². The van der Waals surface area contributed by atoms with Gasteiger partial charge in [0, 0.05) is 11.8 Å². The molecule has 3 rings (SSSR count). The van der Waals surface area contributed by atoms with Crippen LogP contribution in [0.1, 0.15) is 71.1 Å². The lowest BCUT2D eigenvalue weighted by atomic mass is 10.2. The van der Waals surface area contributed by atoms with Crippen LogP contribution in [-0.2, 0) is 13.0 Å². The van der Waals surface area contributed by atoms with E-state index in [1.165, 1.54) is 16.3 Å². The predicted molar refractivity (Wildman–Crippen MR) is 165 cm³/mol. The van der Waals surface area contributed by atoms with Gasteiger partial charge in [-0.15, -0.1) is 11.8 Å². The van der Waals surface area contributed by atoms with E-state index < -0.39 is 28.2 Å². The van der Waals surface area contributed by atoms with Gasteiger partial charge in [0.1, 0.15) is 11.2 Å². The van der Waals surface area contributed by atoms with Crippen LogP contribution in [0.2, 0.25) is 22.2 Å². The summed E-state index contributed by atoms with van der Waals surface area (Å²) in [6, 6.07) is 10.3. The number of aromatic nitrogens is 2. The minimum absolute atomic E-state index is 0.126. The highest BCUT2D eigenvalue weighted by Gasteiger charge is 2.57. The molecule has 2 N–H and O–H groups in total. The first-order valence-electron chi connectivity index (χ1n) is 14.1. The molecule has 1 aromatic carbocycles. The van der Waals surface area contributed by atoms with E-state index in [2.05, 4.69) is 65.7 Å². The Balaban J connectivity index is 1.84. The van der Waals surface area contributed by atoms with Crippen LogP contribution in [0.25, 0.3) is 0 Å². The van der Waals surface area contributed by atoms with Crippen molar-refractivity contribution in [2.45, 2.75) is 88.2 Å². The highest BCUT2D eigenvalue weighted by atomic mass is 32.2. The van der Waals surface area contributed by atoms with E-state index in [0.29, 0.717) is 18.8 Å². The van der Waals surface area contributed by atoms with Crippen LogP contribution < -0.4 is 11.0 Å². The first-order chi connectivity index (χ1) is 18.9. The molecule has 1 fully saturated rings. The lowest BCUT2D eigenvalue weighted by molar-refractivity contribution is 0.102. The maximum atomic E-state index is 13.0. The molecule has 1 unspecified atom stereocenters. The summed E-state index contributed by atoms with van der Waals surface area (Å²) in [5.41, 5.74) is 0.809. The Kier molecular flexibility index (Phi) is 11.4. The van der Waals surface area contributed by atoms with Crippen LogP contribution in [-0.4, -0.2) is 62.8 Å². The molecule has 0 aliphatic carbocycles. The van der Waals surface area contributed by atoms with E-state index in [-0.39, 0.29) is 45.7 Å². The van der Waals surface area contributed by atoms with Crippen LogP contribution in [0.5, 0.6) is 0 Å². The third-order valence-electron chi connectivity index (χ3n) is 7.45. The number of carbonyl (C=O) groups is 1. The van der Waals surface area contributed by atoms with E-state index in [9.17, 15) is 14.7 Å². The Morgan fingerprint density at radius 3 is 1.95 bits per heavy atom. The number of hydrogen-bond donors (Lipinski definition) is 2. The predicted octanol–water partition coefficient (Wildman–Crippen LogP) is 5.68. The van der Waals surface area contributed by atoms with Gasteiger partial charge in [-0.1, -0.05) is 73.6 Å². The van der Waals surface area contributed by atoms with Gasteiger partial charge in [-0.05, 0) is 40.4 Å². The van der Waals surface area contributed by atoms with E-state index in [1.54, 1.807) is 36.5 Å². The number of carbonyl (C=O) groups excluding carboxylic acids is 1. The largest absolute Gasteiger partial charge is 0.414 e. The zero-order valence-corrected chi connectivity index (χ0v) is 27.7. The Bertz CT molecular complexity index is 1130. The van der Waals surface area contributed by atoms with Gasteiger partial charge in [0.2, 0.25) is 0 Å². The standard InChI is InChI=1S/C28H45N3O6SSi2/c1-19(2)39(20(3)4)35-17-24(18-36-40(37-39,21(5)6)22(7)8)38-26(16-32)31-15-14-25(30-28(31)34)29-27(33)23-12-10-9-11-13-23/h9-15,19-22,24,26,32H,16-18H2,1-8H3,(H,29,30,33,34). The van der Waals surface area contributed by atoms with Crippen molar-refractivity contribution in [3.05, 3.63) is 58.6 Å². The quantitative estimate of drug-likeness (QED) is 0.332. The summed E-state index contributed by atoms with van der Waals surface area (Å²) in [5.74, 6) is -0.198. The fraction of sp³-hybridized carbons (Fsp3) is 0.607. The van der Waals surface area contributed by atoms with E-state index in [0.717, 1.165) is 0 Å². The summed E-state index contributed by atoms with van der Waals surface area (Å²) in [4.78, 5) is 29.5. The SMILES string of the molecule is CC(C)[Si]1(C(C)C)OCC(SC(CO)n2ccc(NC(=O)c3ccccc3)nc2=O)CO[Si](C(C)C)(C(C)C)O1. The lowest BCUT2D eigenvalue weighted by Crippen LogP contribution is -2.63. The fourth-order valence-electron chi connectivity index (χ4n) is 5.25. The molecule has 2 aromatic rings. The van der Waals surface area contributed by atoms with Crippen LogP contribution in [0.3, 0.4) is 0 Å². The Morgan fingerprint density at radius 2 is 1.50 bits per heavy atom. The van der Waals surface area contributed by atoms with E-state index >= 15 is 0 Å². The topological polar surface area (TPSA) is 112 Å². The molecule has 2 heterocycles. The molecule has 1 aliphatic heterocycles. The molecule has 0 saturated carbocycles. The fourth-order valence-corrected chi connectivity index (χ4v) is 17.8. The highest BCUT2D eigenvalue weighted by molar-refractivity contribution is 8.00. The number of nitrogens with one attached hydrogen (secondary N) is 1. The van der Waals surface area contributed by atoms with Crippen LogP contribution >= 0.6 is 11.8 Å². The number of hydrogen-bond acceptors (Lipinski definition) is 8. The molecule has 0 radical (unpaired) electrons. The summed E-state index contributed by atoms with van der Waals surface area (Å²) >= 11 is 1.44. The normalized spacial score (nSPS) is 18.6. The molecule has 0 spiro atoms. The molecule has 1 amide bonds. The van der Waals surface area contributed by atoms with Gasteiger partial charge < -0.3 is 23.4 Å². The molecule has 1 aromatic heterocycles. The second-order valence-corrected chi connectivity index (χ2v) is 21.9. The van der Waals surface area contributed by atoms with Crippen molar-refractivity contribution in [2.75, 3.05) is 25.1 Å². The molecular formula is C28H45N3O6SSi2. The summed E-state index contributed by atoms with van der Waals surface area (Å²) in [6.45, 7) is 17.9. The molecule has 40 heavy (non-hydrogen) atoms. The Morgan fingerprint density at radius 1 is 0.975 bits per heavy atom. The van der Waals surface area contributed by atoms with Crippen LogP contribution in [0.4, 0.5) is 5.82 Å². The molecule has 9 nitrogen and oxygen atoms in total. The van der Waals surface area contributed by atoms with Gasteiger partial charge in [0.25, 0.3) is 5.91 Å². The molecule has 1 saturated heterocycles. The third-order valence-corrected chi connectivity index (χ3v) is 19.0. The highest BCUT2D eigenvalue weighted by Crippen LogP contribution is 2.46. The van der Waals surface area contributed by atoms with Crippen molar-refractivity contribution in [3.63, 3.8) is 0 Å². The summed E-state index contributed by atoms with van der Waals surface area (Å²) in [5, 5.41) is 12.3. The number of amides is 1.